The molecular formula is C22H26N2Na2O11. The van der Waals surface area contributed by atoms with Crippen molar-refractivity contribution in [3.63, 3.8) is 0 Å². The Bertz CT molecular complexity index is 1200. The van der Waals surface area contributed by atoms with Gasteiger partial charge < -0.3 is 47.3 Å². The maximum Gasteiger partial charge on any atom is 1.00 e. The van der Waals surface area contributed by atoms with Crippen molar-refractivity contribution in [2.45, 2.75) is 30.3 Å². The number of aliphatic hydroxyl groups is 3. The first-order chi connectivity index (χ1) is 15.2. The second kappa shape index (κ2) is 11.4. The van der Waals surface area contributed by atoms with Gasteiger partial charge in [0.1, 0.15) is 22.8 Å². The molecule has 0 saturated heterocycles. The molecule has 15 heteroatoms. The second-order valence-corrected chi connectivity index (χ2v) is 8.99. The third-order valence-corrected chi connectivity index (χ3v) is 6.99. The number of likely N-dealkylation sites (N-methyl/N-ethyl adjacent to an activating group) is 1. The predicted molar refractivity (Wildman–Crippen MR) is 114 cm³/mol. The van der Waals surface area contributed by atoms with Crippen molar-refractivity contribution >= 4 is 23.2 Å². The Balaban J connectivity index is 0.00000324. The number of aliphatic hydroxyl groups excluding tert-OH is 2. The van der Waals surface area contributed by atoms with Crippen molar-refractivity contribution in [2.75, 3.05) is 14.1 Å². The Morgan fingerprint density at radius 1 is 1.11 bits per heavy atom. The smallest absolute Gasteiger partial charge is 0.851 e. The molecule has 37 heavy (non-hydrogen) atoms. The van der Waals surface area contributed by atoms with Crippen LogP contribution in [0.2, 0.25) is 0 Å². The van der Waals surface area contributed by atoms with Gasteiger partial charge in [0.2, 0.25) is 5.78 Å². The van der Waals surface area contributed by atoms with Crippen LogP contribution in [-0.4, -0.2) is 85.6 Å². The zero-order chi connectivity index (χ0) is 24.8. The molecule has 192 valence electrons. The van der Waals surface area contributed by atoms with Gasteiger partial charge in [-0.1, -0.05) is 24.7 Å². The Labute approximate surface area is 255 Å². The number of rotatable bonds is 2. The van der Waals surface area contributed by atoms with Crippen LogP contribution in [0.3, 0.4) is 0 Å². The second-order valence-electron chi connectivity index (χ2n) is 8.99. The number of phenols is 1. The number of Topliss-reactive ketones (excluding diaryl/α,β-unsaturated/α-hetero) is 2. The normalized spacial score (nSPS) is 32.1. The van der Waals surface area contributed by atoms with Gasteiger partial charge >= 0.3 is 59.1 Å². The standard InChI is InChI=1S/C22H22N2O9.2Na.2H2O/c1-21(32)7-5-4-6-8(25)9(7)15(26)10-12(21)17(28)13-14(24(2)3)16(27)11(20(23)31)19(30)22(13,33)18(10)29;;;;/h4-6,12-14,17,25-26,30,33H,1-3H3,(H2,23,31);;;2*1H2/q-2;2*+1;;/t12-,13-,14+,17?,21-,22+;;;;/m1..../s1. The fraction of sp³-hybridized carbons (Fsp3) is 0.409. The summed E-state index contributed by atoms with van der Waals surface area (Å²) >= 11 is 0. The number of carbonyl (C=O) groups is 3. The van der Waals surface area contributed by atoms with Crippen molar-refractivity contribution in [3.05, 3.63) is 46.2 Å². The number of phenolic OH excluding ortho intramolecular Hbond substituents is 1. The summed E-state index contributed by atoms with van der Waals surface area (Å²) in [4.78, 5) is 39.7. The number of nitrogens with two attached hydrogens (primary N) is 1. The fourth-order valence-electron chi connectivity index (χ4n) is 5.54. The Morgan fingerprint density at radius 3 is 2.14 bits per heavy atom. The molecule has 0 radical (unpaired) electrons. The van der Waals surface area contributed by atoms with Crippen LogP contribution in [-0.2, 0) is 20.0 Å². The van der Waals surface area contributed by atoms with E-state index in [9.17, 15) is 45.0 Å². The van der Waals surface area contributed by atoms with E-state index < -0.39 is 81.1 Å². The number of primary amides is 1. The van der Waals surface area contributed by atoms with Crippen LogP contribution in [0.15, 0.2) is 35.1 Å². The number of amides is 1. The summed E-state index contributed by atoms with van der Waals surface area (Å²) in [5.41, 5.74) is -2.61. The van der Waals surface area contributed by atoms with E-state index in [0.29, 0.717) is 0 Å². The first kappa shape index (κ1) is 35.7. The van der Waals surface area contributed by atoms with E-state index in [1.165, 1.54) is 31.1 Å². The van der Waals surface area contributed by atoms with Crippen LogP contribution in [0.5, 0.6) is 5.75 Å². The van der Waals surface area contributed by atoms with E-state index in [4.69, 9.17) is 5.73 Å². The molecule has 1 saturated carbocycles. The van der Waals surface area contributed by atoms with Crippen LogP contribution in [0, 0.1) is 11.8 Å². The molecule has 3 aliphatic carbocycles. The minimum Gasteiger partial charge on any atom is -0.851 e. The largest absolute Gasteiger partial charge is 1.00 e. The number of fused-ring (bicyclic) bond motifs is 3. The molecule has 0 aromatic heterocycles. The van der Waals surface area contributed by atoms with Crippen molar-refractivity contribution in [3.8, 4) is 5.75 Å². The topological polar surface area (TPSA) is 271 Å². The van der Waals surface area contributed by atoms with Gasteiger partial charge in [0, 0.05) is 11.5 Å². The summed E-state index contributed by atoms with van der Waals surface area (Å²) in [6.45, 7) is 1.10. The molecule has 3 aliphatic rings. The molecule has 1 aromatic rings. The van der Waals surface area contributed by atoms with E-state index in [1.807, 2.05) is 0 Å². The van der Waals surface area contributed by atoms with E-state index in [2.05, 4.69) is 0 Å². The molecule has 1 unspecified atom stereocenters. The molecule has 0 aliphatic heterocycles. The number of hydrogen-bond donors (Lipinski definition) is 5. The first-order valence-corrected chi connectivity index (χ1v) is 10.0. The van der Waals surface area contributed by atoms with Gasteiger partial charge in [0.05, 0.1) is 11.6 Å². The third-order valence-electron chi connectivity index (χ3n) is 6.99. The summed E-state index contributed by atoms with van der Waals surface area (Å²) in [6, 6.07) is 2.22. The van der Waals surface area contributed by atoms with Gasteiger partial charge in [-0.2, -0.15) is 0 Å². The molecule has 0 spiro atoms. The minimum absolute atomic E-state index is 0. The average Bonchev–Trinajstić information content (AvgIpc) is 2.70. The van der Waals surface area contributed by atoms with Crippen LogP contribution in [0.25, 0.3) is 5.76 Å². The molecule has 0 bridgehead atoms. The van der Waals surface area contributed by atoms with Gasteiger partial charge in [-0.25, -0.2) is 0 Å². The maximum atomic E-state index is 13.8. The molecular weight excluding hydrogens is 514 g/mol. The Hall–Kier alpha value is -1.33. The van der Waals surface area contributed by atoms with E-state index in [-0.39, 0.29) is 81.2 Å². The zero-order valence-electron chi connectivity index (χ0n) is 20.9. The van der Waals surface area contributed by atoms with Crippen molar-refractivity contribution in [1.82, 2.24) is 4.90 Å². The van der Waals surface area contributed by atoms with Gasteiger partial charge in [-0.05, 0) is 31.6 Å². The quantitative estimate of drug-likeness (QED) is 0.174. The monoisotopic (exact) mass is 540 g/mol. The summed E-state index contributed by atoms with van der Waals surface area (Å²) in [5.74, 6) is -10.4. The van der Waals surface area contributed by atoms with Gasteiger partial charge in [-0.3, -0.25) is 19.3 Å². The summed E-state index contributed by atoms with van der Waals surface area (Å²) in [6.07, 6.45) is -2.18. The van der Waals surface area contributed by atoms with Crippen LogP contribution in [0.4, 0.5) is 0 Å². The number of hydrogen-bond acceptors (Lipinski definition) is 10. The van der Waals surface area contributed by atoms with Crippen LogP contribution >= 0.6 is 0 Å². The van der Waals surface area contributed by atoms with E-state index >= 15 is 0 Å². The summed E-state index contributed by atoms with van der Waals surface area (Å²) in [5, 5.41) is 70.9. The molecule has 4 rings (SSSR count). The number of benzene rings is 1. The molecule has 1 fully saturated rings. The Morgan fingerprint density at radius 2 is 1.65 bits per heavy atom. The zero-order valence-corrected chi connectivity index (χ0v) is 24.9. The predicted octanol–water partition coefficient (Wildman–Crippen LogP) is -10.3. The van der Waals surface area contributed by atoms with Gasteiger partial charge in [-0.15, -0.1) is 6.10 Å². The maximum absolute atomic E-state index is 13.8. The SMILES string of the molecule is CN(C)[C@@H]1C(=O)C(C(N)=O)=C(O)[C@@]2(O)C(=O)C3=C(O)c4c(O)cccc4[C@@](C)([O-])[C@H]3C([O-])[C@@H]12.O.O.[Na+].[Na+]. The van der Waals surface area contributed by atoms with Gasteiger partial charge in [0.15, 0.2) is 11.4 Å². The van der Waals surface area contributed by atoms with E-state index in [1.54, 1.807) is 0 Å². The molecule has 10 N–H and O–H groups in total. The van der Waals surface area contributed by atoms with Crippen LogP contribution in [0.1, 0.15) is 18.1 Å². The Kier molecular flexibility index (Phi) is 11.0. The summed E-state index contributed by atoms with van der Waals surface area (Å²) < 4.78 is 0. The average molecular weight is 540 g/mol. The summed E-state index contributed by atoms with van der Waals surface area (Å²) in [7, 11) is 2.71. The molecule has 6 atom stereocenters. The van der Waals surface area contributed by atoms with Gasteiger partial charge in [0.25, 0.3) is 5.91 Å². The molecule has 1 amide bonds. The van der Waals surface area contributed by atoms with Crippen molar-refractivity contribution in [1.29, 1.82) is 0 Å². The van der Waals surface area contributed by atoms with Crippen molar-refractivity contribution in [2.24, 2.45) is 17.6 Å². The number of nitrogens with zero attached hydrogens (tertiary/aromatic N) is 1. The number of aromatic hydroxyl groups is 1. The number of ketones is 2. The molecule has 13 nitrogen and oxygen atoms in total. The van der Waals surface area contributed by atoms with Crippen molar-refractivity contribution < 1.29 is 115 Å². The molecule has 0 heterocycles. The first-order valence-electron chi connectivity index (χ1n) is 10.0. The minimum atomic E-state index is -3.11. The fourth-order valence-corrected chi connectivity index (χ4v) is 5.54. The van der Waals surface area contributed by atoms with Crippen LogP contribution < -0.4 is 75.1 Å². The third kappa shape index (κ3) is 4.50. The molecule has 1 aromatic carbocycles. The van der Waals surface area contributed by atoms with E-state index in [0.717, 1.165) is 13.0 Å². The number of carbonyl (C=O) groups excluding carboxylic acids is 3.